The fourth-order valence-corrected chi connectivity index (χ4v) is 7.29. The first-order valence-electron chi connectivity index (χ1n) is 21.3. The van der Waals surface area contributed by atoms with Gasteiger partial charge >= 0.3 is 5.97 Å². The van der Waals surface area contributed by atoms with Gasteiger partial charge in [0.05, 0.1) is 19.0 Å². The molecule has 0 bridgehead atoms. The first kappa shape index (κ1) is 49.3. The summed E-state index contributed by atoms with van der Waals surface area (Å²) in [5.74, 6) is -7.46. The predicted molar refractivity (Wildman–Crippen MR) is 243 cm³/mol. The molecule has 350 valence electrons. The van der Waals surface area contributed by atoms with Gasteiger partial charge in [0.25, 0.3) is 0 Å². The van der Waals surface area contributed by atoms with Crippen LogP contribution in [-0.4, -0.2) is 110 Å². The van der Waals surface area contributed by atoms with E-state index in [2.05, 4.69) is 41.9 Å². The Morgan fingerprint density at radius 1 is 0.591 bits per heavy atom. The Labute approximate surface area is 379 Å². The number of para-hydroxylation sites is 2. The molecule has 2 heterocycles. The van der Waals surface area contributed by atoms with Gasteiger partial charge in [-0.25, -0.2) is 0 Å². The Bertz CT molecular complexity index is 2550. The van der Waals surface area contributed by atoms with Crippen molar-refractivity contribution in [2.75, 3.05) is 6.54 Å². The zero-order valence-electron chi connectivity index (χ0n) is 36.7. The number of fused-ring (bicyclic) bond motifs is 2. The van der Waals surface area contributed by atoms with Crippen LogP contribution in [0.5, 0.6) is 5.75 Å². The van der Waals surface area contributed by atoms with E-state index >= 15 is 0 Å². The van der Waals surface area contributed by atoms with Gasteiger partial charge in [-0.1, -0.05) is 62.4 Å². The van der Waals surface area contributed by atoms with Gasteiger partial charge in [-0.3, -0.25) is 38.4 Å². The third-order valence-corrected chi connectivity index (χ3v) is 10.7. The van der Waals surface area contributed by atoms with E-state index in [1.54, 1.807) is 50.5 Å². The van der Waals surface area contributed by atoms with Crippen LogP contribution in [0.3, 0.4) is 0 Å². The molecule has 6 atom stereocenters. The highest BCUT2D eigenvalue weighted by molar-refractivity contribution is 5.98. The van der Waals surface area contributed by atoms with Crippen LogP contribution in [0.15, 0.2) is 85.2 Å². The molecule has 20 heteroatoms. The Morgan fingerprint density at radius 3 is 1.62 bits per heavy atom. The van der Waals surface area contributed by atoms with Gasteiger partial charge in [0, 0.05) is 53.5 Å². The number of nitrogens with two attached hydrogens (primary N) is 2. The van der Waals surface area contributed by atoms with Crippen LogP contribution in [0.2, 0.25) is 0 Å². The van der Waals surface area contributed by atoms with E-state index in [0.29, 0.717) is 16.7 Å². The Balaban J connectivity index is 1.32. The molecule has 0 spiro atoms. The van der Waals surface area contributed by atoms with E-state index in [4.69, 9.17) is 11.5 Å². The summed E-state index contributed by atoms with van der Waals surface area (Å²) in [5, 5.41) is 36.2. The summed E-state index contributed by atoms with van der Waals surface area (Å²) in [5.41, 5.74) is 14.8. The number of nitrogens with one attached hydrogen (secondary N) is 8. The van der Waals surface area contributed by atoms with Crippen LogP contribution in [0, 0.1) is 5.92 Å². The van der Waals surface area contributed by atoms with Crippen LogP contribution in [0.25, 0.3) is 21.8 Å². The van der Waals surface area contributed by atoms with Crippen molar-refractivity contribution in [2.24, 2.45) is 17.4 Å². The molecule has 0 aliphatic rings. The number of aliphatic carboxylic acids is 1. The summed E-state index contributed by atoms with van der Waals surface area (Å²) in [6.07, 6.45) is 2.32. The third kappa shape index (κ3) is 13.9. The SMILES string of the molecule is CC(C)C[C@H](NC(=O)[C@H](Cc1c[nH]c2ccccc12)NC(=O)CNC(=O)[C@H](Cc1ccc(O)cc1)NC(=O)[C@H](C)N)C(=O)N[C@@H](CC(=O)O)C(=O)N[C@@H](Cc1c[nH]c2ccccc12)C(N)=O. The summed E-state index contributed by atoms with van der Waals surface area (Å²) < 4.78 is 0. The number of rotatable bonds is 23. The van der Waals surface area contributed by atoms with E-state index in [9.17, 15) is 48.6 Å². The normalized spacial score (nSPS) is 14.0. The van der Waals surface area contributed by atoms with Crippen molar-refractivity contribution in [1.82, 2.24) is 41.9 Å². The monoisotopic (exact) mass is 908 g/mol. The zero-order valence-corrected chi connectivity index (χ0v) is 36.7. The van der Waals surface area contributed by atoms with Crippen molar-refractivity contribution >= 4 is 69.1 Å². The van der Waals surface area contributed by atoms with Crippen molar-refractivity contribution in [2.45, 2.75) is 89.1 Å². The van der Waals surface area contributed by atoms with Crippen LogP contribution in [-0.2, 0) is 57.6 Å². The average Bonchev–Trinajstić information content (AvgIpc) is 3.88. The topological polar surface area (TPSA) is 333 Å². The minimum atomic E-state index is -1.70. The van der Waals surface area contributed by atoms with Gasteiger partial charge in [-0.15, -0.1) is 0 Å². The number of primary amides is 1. The summed E-state index contributed by atoms with van der Waals surface area (Å²) >= 11 is 0. The number of hydrogen-bond acceptors (Lipinski definition) is 10. The molecule has 14 N–H and O–H groups in total. The molecular weight excluding hydrogens is 853 g/mol. The number of aromatic hydroxyl groups is 1. The molecule has 0 saturated heterocycles. The zero-order chi connectivity index (χ0) is 48.1. The minimum absolute atomic E-state index is 0.00292. The van der Waals surface area contributed by atoms with Crippen LogP contribution < -0.4 is 43.4 Å². The molecular formula is C46H56N10O10. The number of aromatic nitrogens is 2. The number of carbonyl (C=O) groups excluding carboxylic acids is 7. The fraction of sp³-hybridized carbons (Fsp3) is 0.348. The molecule has 2 aromatic heterocycles. The smallest absolute Gasteiger partial charge is 0.305 e. The van der Waals surface area contributed by atoms with Crippen molar-refractivity contribution in [1.29, 1.82) is 0 Å². The predicted octanol–water partition coefficient (Wildman–Crippen LogP) is 0.276. The summed E-state index contributed by atoms with van der Waals surface area (Å²) in [7, 11) is 0. The molecule has 5 rings (SSSR count). The van der Waals surface area contributed by atoms with Gasteiger partial charge in [0.15, 0.2) is 0 Å². The number of amides is 7. The van der Waals surface area contributed by atoms with E-state index < -0.39 is 96.5 Å². The highest BCUT2D eigenvalue weighted by Gasteiger charge is 2.33. The largest absolute Gasteiger partial charge is 0.508 e. The molecule has 7 amide bonds. The lowest BCUT2D eigenvalue weighted by Crippen LogP contribution is -2.59. The first-order chi connectivity index (χ1) is 31.4. The van der Waals surface area contributed by atoms with Crippen molar-refractivity contribution in [3.8, 4) is 5.75 Å². The van der Waals surface area contributed by atoms with E-state index in [1.165, 1.54) is 19.1 Å². The molecule has 0 radical (unpaired) electrons. The van der Waals surface area contributed by atoms with Crippen molar-refractivity contribution in [3.05, 3.63) is 102 Å². The summed E-state index contributed by atoms with van der Waals surface area (Å²) in [6, 6.07) is 12.7. The number of aromatic amines is 2. The number of phenols is 1. The van der Waals surface area contributed by atoms with Crippen LogP contribution >= 0.6 is 0 Å². The minimum Gasteiger partial charge on any atom is -0.508 e. The Hall–Kier alpha value is -7.74. The molecule has 3 aromatic carbocycles. The second kappa shape index (κ2) is 22.7. The number of benzene rings is 3. The number of phenolic OH excluding ortho intramolecular Hbond substituents is 1. The average molecular weight is 909 g/mol. The van der Waals surface area contributed by atoms with Crippen molar-refractivity contribution in [3.63, 3.8) is 0 Å². The molecule has 0 fully saturated rings. The highest BCUT2D eigenvalue weighted by Crippen LogP contribution is 2.21. The summed E-state index contributed by atoms with van der Waals surface area (Å²) in [6.45, 7) is 4.35. The Morgan fingerprint density at radius 2 is 1.08 bits per heavy atom. The van der Waals surface area contributed by atoms with Gasteiger partial charge in [0.2, 0.25) is 41.4 Å². The highest BCUT2D eigenvalue weighted by atomic mass is 16.4. The first-order valence-corrected chi connectivity index (χ1v) is 21.3. The van der Waals surface area contributed by atoms with Gasteiger partial charge in [-0.2, -0.15) is 0 Å². The molecule has 0 aliphatic carbocycles. The molecule has 0 aliphatic heterocycles. The standard InChI is InChI=1S/C46H56N10O10/c1-24(2)16-35(44(64)56-38(20-40(59)60)46(66)53-34(41(48)61)18-27-21-49-32-10-6-4-8-30(27)32)55-45(65)37(19-28-22-50-33-11-7-5-9-31(28)33)52-39(58)23-51-43(63)36(54-42(62)25(3)47)17-26-12-14-29(57)15-13-26/h4-15,21-22,24-25,34-38,49-50,57H,16-20,23,47H2,1-3H3,(H2,48,61)(H,51,63)(H,52,58)(H,53,66)(H,54,62)(H,55,65)(H,56,64)(H,59,60)/t25-,34-,35-,36-,37-,38-/m0/s1. The summed E-state index contributed by atoms with van der Waals surface area (Å²) in [4.78, 5) is 112. The maximum atomic E-state index is 14.3. The molecule has 5 aromatic rings. The lowest BCUT2D eigenvalue weighted by Gasteiger charge is -2.26. The number of carboxylic acids is 1. The molecule has 0 unspecified atom stereocenters. The van der Waals surface area contributed by atoms with Crippen molar-refractivity contribution < 1.29 is 48.6 Å². The maximum absolute atomic E-state index is 14.3. The number of carboxylic acid groups (broad SMARTS) is 1. The lowest BCUT2D eigenvalue weighted by atomic mass is 10.00. The number of carbonyl (C=O) groups is 8. The van der Waals surface area contributed by atoms with Crippen LogP contribution in [0.4, 0.5) is 0 Å². The number of H-pyrrole nitrogens is 2. The molecule has 20 nitrogen and oxygen atoms in total. The van der Waals surface area contributed by atoms with E-state index in [1.807, 2.05) is 36.4 Å². The Kier molecular flexibility index (Phi) is 17.0. The van der Waals surface area contributed by atoms with Gasteiger partial charge < -0.3 is 63.5 Å². The lowest BCUT2D eigenvalue weighted by molar-refractivity contribution is -0.141. The second-order valence-electron chi connectivity index (χ2n) is 16.5. The number of hydrogen-bond donors (Lipinski definition) is 12. The third-order valence-electron chi connectivity index (χ3n) is 10.7. The second-order valence-corrected chi connectivity index (χ2v) is 16.5. The van der Waals surface area contributed by atoms with Gasteiger partial charge in [0.1, 0.15) is 36.0 Å². The van der Waals surface area contributed by atoms with E-state index in [-0.39, 0.29) is 37.4 Å². The quantitative estimate of drug-likeness (QED) is 0.0422. The van der Waals surface area contributed by atoms with Gasteiger partial charge in [-0.05, 0) is 60.2 Å². The maximum Gasteiger partial charge on any atom is 0.305 e. The fourth-order valence-electron chi connectivity index (χ4n) is 7.29. The van der Waals surface area contributed by atoms with Crippen LogP contribution in [0.1, 0.15) is 50.3 Å². The molecule has 66 heavy (non-hydrogen) atoms. The molecule has 0 saturated carbocycles. The van der Waals surface area contributed by atoms with E-state index in [0.717, 1.165) is 21.8 Å².